The summed E-state index contributed by atoms with van der Waals surface area (Å²) in [6.45, 7) is 0. The summed E-state index contributed by atoms with van der Waals surface area (Å²) in [6, 6.07) is 0.923. The van der Waals surface area contributed by atoms with E-state index in [0.29, 0.717) is 0 Å². The molecular formula is C7H5F2IN2O2. The molecule has 0 radical (unpaired) electrons. The molecule has 0 amide bonds. The van der Waals surface area contributed by atoms with Gasteiger partial charge in [-0.3, -0.25) is 0 Å². The maximum atomic E-state index is 12.4. The maximum Gasteiger partial charge on any atom is 0.336 e. The molecule has 0 aliphatic rings. The van der Waals surface area contributed by atoms with Crippen molar-refractivity contribution >= 4 is 34.4 Å². The molecule has 76 valence electrons. The second-order valence-corrected chi connectivity index (χ2v) is 3.43. The number of rotatable bonds is 2. The molecule has 0 saturated heterocycles. The molecule has 0 spiro atoms. The highest BCUT2D eigenvalue weighted by Crippen LogP contribution is 2.28. The Bertz CT molecular complexity index is 384. The third-order valence-corrected chi connectivity index (χ3v) is 2.30. The van der Waals surface area contributed by atoms with E-state index in [1.54, 1.807) is 0 Å². The zero-order valence-corrected chi connectivity index (χ0v) is 8.83. The Labute approximate surface area is 91.3 Å². The Morgan fingerprint density at radius 1 is 1.64 bits per heavy atom. The van der Waals surface area contributed by atoms with E-state index >= 15 is 0 Å². The van der Waals surface area contributed by atoms with Crippen molar-refractivity contribution in [2.45, 2.75) is 6.43 Å². The van der Waals surface area contributed by atoms with Gasteiger partial charge in [0.1, 0.15) is 9.52 Å². The van der Waals surface area contributed by atoms with Gasteiger partial charge in [0.2, 0.25) is 0 Å². The summed E-state index contributed by atoms with van der Waals surface area (Å²) >= 11 is 1.53. The minimum atomic E-state index is -2.87. The molecule has 0 fully saturated rings. The van der Waals surface area contributed by atoms with Crippen molar-refractivity contribution in [3.8, 4) is 0 Å². The molecule has 0 aliphatic carbocycles. The summed E-state index contributed by atoms with van der Waals surface area (Å²) < 4.78 is 24.8. The van der Waals surface area contributed by atoms with Crippen LogP contribution in [0.5, 0.6) is 0 Å². The number of halogens is 3. The first-order valence-corrected chi connectivity index (χ1v) is 4.48. The van der Waals surface area contributed by atoms with Crippen LogP contribution >= 0.6 is 22.6 Å². The third-order valence-electron chi connectivity index (χ3n) is 1.48. The highest BCUT2D eigenvalue weighted by Gasteiger charge is 2.22. The van der Waals surface area contributed by atoms with E-state index in [-0.39, 0.29) is 9.52 Å². The van der Waals surface area contributed by atoms with E-state index in [2.05, 4.69) is 4.98 Å². The van der Waals surface area contributed by atoms with Gasteiger partial charge in [-0.05, 0) is 28.7 Å². The number of carboxylic acids is 1. The lowest BCUT2D eigenvalue weighted by Crippen LogP contribution is -2.08. The van der Waals surface area contributed by atoms with Crippen LogP contribution in [0.3, 0.4) is 0 Å². The molecule has 4 nitrogen and oxygen atoms in total. The molecule has 0 atom stereocenters. The Hall–Kier alpha value is -0.990. The first kappa shape index (κ1) is 11.1. The molecule has 1 aromatic rings. The summed E-state index contributed by atoms with van der Waals surface area (Å²) in [5, 5.41) is 8.64. The molecule has 0 saturated carbocycles. The van der Waals surface area contributed by atoms with Crippen molar-refractivity contribution < 1.29 is 18.7 Å². The molecule has 0 aliphatic heterocycles. The van der Waals surface area contributed by atoms with Crippen LogP contribution < -0.4 is 5.73 Å². The van der Waals surface area contributed by atoms with Crippen molar-refractivity contribution in [1.82, 2.24) is 4.98 Å². The van der Waals surface area contributed by atoms with E-state index in [1.807, 2.05) is 0 Å². The molecule has 14 heavy (non-hydrogen) atoms. The van der Waals surface area contributed by atoms with Crippen LogP contribution in [0.2, 0.25) is 0 Å². The minimum absolute atomic E-state index is 0.0869. The average molecular weight is 314 g/mol. The number of alkyl halides is 2. The molecule has 0 aromatic carbocycles. The van der Waals surface area contributed by atoms with Gasteiger partial charge in [-0.15, -0.1) is 0 Å². The SMILES string of the molecule is Nc1cc(C(=O)O)c(C(F)F)c(I)n1. The highest BCUT2D eigenvalue weighted by atomic mass is 127. The van der Waals surface area contributed by atoms with Gasteiger partial charge in [-0.2, -0.15) is 0 Å². The second-order valence-electron chi connectivity index (χ2n) is 2.41. The number of nitrogens with zero attached hydrogens (tertiary/aromatic N) is 1. The molecular weight excluding hydrogens is 309 g/mol. The molecule has 7 heteroatoms. The largest absolute Gasteiger partial charge is 0.478 e. The van der Waals surface area contributed by atoms with Crippen LogP contribution in [0.25, 0.3) is 0 Å². The van der Waals surface area contributed by atoms with Gasteiger partial charge in [0.15, 0.2) is 0 Å². The minimum Gasteiger partial charge on any atom is -0.478 e. The number of pyridine rings is 1. The second kappa shape index (κ2) is 4.03. The quantitative estimate of drug-likeness (QED) is 0.646. The van der Waals surface area contributed by atoms with Crippen molar-refractivity contribution in [1.29, 1.82) is 0 Å². The fraction of sp³-hybridized carbons (Fsp3) is 0.143. The number of carbonyl (C=O) groups is 1. The van der Waals surface area contributed by atoms with E-state index in [4.69, 9.17) is 10.8 Å². The van der Waals surface area contributed by atoms with Crippen molar-refractivity contribution in [2.75, 3.05) is 5.73 Å². The van der Waals surface area contributed by atoms with Crippen molar-refractivity contribution in [3.05, 3.63) is 20.9 Å². The van der Waals surface area contributed by atoms with Gasteiger partial charge in [0.25, 0.3) is 6.43 Å². The summed E-state index contributed by atoms with van der Waals surface area (Å²) in [7, 11) is 0. The summed E-state index contributed by atoms with van der Waals surface area (Å²) in [4.78, 5) is 14.2. The van der Waals surface area contributed by atoms with E-state index in [0.717, 1.165) is 6.07 Å². The Balaban J connectivity index is 3.44. The number of nitrogen functional groups attached to an aromatic ring is 1. The van der Waals surface area contributed by atoms with Crippen LogP contribution in [0, 0.1) is 3.70 Å². The fourth-order valence-electron chi connectivity index (χ4n) is 0.927. The fourth-order valence-corrected chi connectivity index (χ4v) is 1.73. The summed E-state index contributed by atoms with van der Waals surface area (Å²) in [6.07, 6.45) is -2.87. The number of hydrogen-bond donors (Lipinski definition) is 2. The average Bonchev–Trinajstić information content (AvgIpc) is 2.01. The molecule has 0 unspecified atom stereocenters. The molecule has 1 rings (SSSR count). The summed E-state index contributed by atoms with van der Waals surface area (Å²) in [5.74, 6) is -1.52. The molecule has 0 bridgehead atoms. The number of nitrogens with two attached hydrogens (primary N) is 1. The molecule has 1 heterocycles. The lowest BCUT2D eigenvalue weighted by atomic mass is 10.1. The van der Waals surface area contributed by atoms with Gasteiger partial charge >= 0.3 is 5.97 Å². The monoisotopic (exact) mass is 314 g/mol. The smallest absolute Gasteiger partial charge is 0.336 e. The van der Waals surface area contributed by atoms with Crippen LogP contribution in [0.4, 0.5) is 14.6 Å². The first-order chi connectivity index (χ1) is 6.43. The summed E-state index contributed by atoms with van der Waals surface area (Å²) in [5.41, 5.74) is 4.15. The Morgan fingerprint density at radius 2 is 2.21 bits per heavy atom. The van der Waals surface area contributed by atoms with E-state index < -0.39 is 23.5 Å². The van der Waals surface area contributed by atoms with Crippen LogP contribution in [0.1, 0.15) is 22.3 Å². The van der Waals surface area contributed by atoms with Gasteiger partial charge in [0.05, 0.1) is 11.1 Å². The zero-order valence-electron chi connectivity index (χ0n) is 6.67. The number of aromatic nitrogens is 1. The highest BCUT2D eigenvalue weighted by molar-refractivity contribution is 14.1. The molecule has 1 aromatic heterocycles. The van der Waals surface area contributed by atoms with Crippen LogP contribution in [0.15, 0.2) is 6.07 Å². The Morgan fingerprint density at radius 3 is 2.64 bits per heavy atom. The van der Waals surface area contributed by atoms with Gasteiger partial charge in [-0.25, -0.2) is 18.6 Å². The number of carboxylic acid groups (broad SMARTS) is 1. The predicted molar refractivity (Wildman–Crippen MR) is 53.3 cm³/mol. The predicted octanol–water partition coefficient (Wildman–Crippen LogP) is 1.90. The van der Waals surface area contributed by atoms with Crippen molar-refractivity contribution in [2.24, 2.45) is 0 Å². The number of anilines is 1. The Kier molecular flexibility index (Phi) is 3.19. The van der Waals surface area contributed by atoms with Gasteiger partial charge in [0, 0.05) is 0 Å². The first-order valence-electron chi connectivity index (χ1n) is 3.41. The van der Waals surface area contributed by atoms with Crippen molar-refractivity contribution in [3.63, 3.8) is 0 Å². The third kappa shape index (κ3) is 2.08. The maximum absolute atomic E-state index is 12.4. The van der Waals surface area contributed by atoms with Crippen LogP contribution in [-0.2, 0) is 0 Å². The van der Waals surface area contributed by atoms with E-state index in [9.17, 15) is 13.6 Å². The number of hydrogen-bond acceptors (Lipinski definition) is 3. The molecule has 3 N–H and O–H groups in total. The lowest BCUT2D eigenvalue weighted by Gasteiger charge is -2.07. The zero-order chi connectivity index (χ0) is 10.9. The topological polar surface area (TPSA) is 76.2 Å². The van der Waals surface area contributed by atoms with E-state index in [1.165, 1.54) is 22.6 Å². The van der Waals surface area contributed by atoms with Gasteiger partial charge < -0.3 is 10.8 Å². The standard InChI is InChI=1S/C7H5F2IN2O2/c8-5(9)4-2(7(13)14)1-3(11)12-6(4)10/h1,5H,(H2,11,12)(H,13,14). The number of aromatic carboxylic acids is 1. The van der Waals surface area contributed by atoms with Gasteiger partial charge in [-0.1, -0.05) is 0 Å². The van der Waals surface area contributed by atoms with Crippen LogP contribution in [-0.4, -0.2) is 16.1 Å². The lowest BCUT2D eigenvalue weighted by molar-refractivity contribution is 0.0684. The normalized spacial score (nSPS) is 10.6.